The zero-order valence-corrected chi connectivity index (χ0v) is 24.1. The van der Waals surface area contributed by atoms with E-state index in [4.69, 9.17) is 4.43 Å². The van der Waals surface area contributed by atoms with Crippen LogP contribution in [0.4, 0.5) is 5.69 Å². The Morgan fingerprint density at radius 2 is 1.53 bits per heavy atom. The smallest absolute Gasteiger partial charge is 0.269 e. The highest BCUT2D eigenvalue weighted by molar-refractivity contribution is 7.92. The molecule has 1 aromatic carbocycles. The van der Waals surface area contributed by atoms with Gasteiger partial charge in [-0.05, 0) is 54.4 Å². The summed E-state index contributed by atoms with van der Waals surface area (Å²) in [6.45, 7) is 14.5. The number of amides is 1. The lowest BCUT2D eigenvalue weighted by Gasteiger charge is -2.47. The van der Waals surface area contributed by atoms with Crippen molar-refractivity contribution in [3.63, 3.8) is 0 Å². The first-order chi connectivity index (χ1) is 16.8. The fourth-order valence-corrected chi connectivity index (χ4v) is 13.5. The molecule has 3 rings (SSSR count). The molecular weight excluding hydrogens is 498 g/mol. The molecule has 1 aliphatic heterocycles. The van der Waals surface area contributed by atoms with E-state index in [2.05, 4.69) is 46.9 Å². The van der Waals surface area contributed by atoms with E-state index in [0.29, 0.717) is 29.7 Å². The fourth-order valence-electron chi connectivity index (χ4n) is 6.33. The van der Waals surface area contributed by atoms with Crippen LogP contribution in [0.1, 0.15) is 67.2 Å². The van der Waals surface area contributed by atoms with Crippen LogP contribution in [-0.4, -0.2) is 63.1 Å². The summed E-state index contributed by atoms with van der Waals surface area (Å²) < 4.78 is 33.4. The number of nitrogens with one attached hydrogen (secondary N) is 1. The minimum absolute atomic E-state index is 0.0118. The Hall–Kier alpha value is -1.82. The summed E-state index contributed by atoms with van der Waals surface area (Å²) in [5.74, 6) is -0.445. The van der Waals surface area contributed by atoms with Crippen molar-refractivity contribution in [3.05, 3.63) is 34.4 Å². The molecule has 1 heterocycles. The molecule has 0 bridgehead atoms. The molecule has 36 heavy (non-hydrogen) atoms. The Kier molecular flexibility index (Phi) is 9.01. The van der Waals surface area contributed by atoms with Gasteiger partial charge in [0, 0.05) is 37.4 Å². The standard InChI is InChI=1S/C25H41N3O6SSi/c1-17(2)36(18(3)4,19(5)6)34-22-11-7-20(8-12-22)27-16-15-26-24(25(27)29)35(32,33)23-13-9-21(10-14-23)28(30)31/h9-10,13-14,17-20,22,24,26H,7-8,11-12,15-16H2,1-6H3. The number of hydrogen-bond acceptors (Lipinski definition) is 7. The molecule has 1 atom stereocenters. The van der Waals surface area contributed by atoms with E-state index in [1.54, 1.807) is 4.90 Å². The molecule has 1 amide bonds. The third-order valence-corrected chi connectivity index (χ3v) is 16.1. The van der Waals surface area contributed by atoms with Crippen molar-refractivity contribution >= 4 is 29.7 Å². The van der Waals surface area contributed by atoms with Crippen molar-refractivity contribution in [1.82, 2.24) is 10.2 Å². The Morgan fingerprint density at radius 1 is 1.00 bits per heavy atom. The Bertz CT molecular complexity index is 1010. The van der Waals surface area contributed by atoms with Gasteiger partial charge in [-0.15, -0.1) is 0 Å². The van der Waals surface area contributed by atoms with Crippen LogP contribution in [-0.2, 0) is 19.1 Å². The molecule has 2 fully saturated rings. The minimum atomic E-state index is -4.03. The van der Waals surface area contributed by atoms with Gasteiger partial charge in [0.1, 0.15) is 0 Å². The molecule has 1 aromatic rings. The Morgan fingerprint density at radius 3 is 2.00 bits per heavy atom. The first-order valence-corrected chi connectivity index (χ1v) is 16.7. The Balaban J connectivity index is 1.69. The number of carbonyl (C=O) groups is 1. The van der Waals surface area contributed by atoms with Crippen molar-refractivity contribution in [1.29, 1.82) is 0 Å². The van der Waals surface area contributed by atoms with Crippen LogP contribution in [0.25, 0.3) is 0 Å². The number of nitro benzene ring substituents is 1. The van der Waals surface area contributed by atoms with Gasteiger partial charge in [0.15, 0.2) is 5.37 Å². The number of hydrogen-bond donors (Lipinski definition) is 1. The lowest BCUT2D eigenvalue weighted by molar-refractivity contribution is -0.384. The third-order valence-electron chi connectivity index (χ3n) is 8.04. The topological polar surface area (TPSA) is 119 Å². The average molecular weight is 540 g/mol. The predicted octanol–water partition coefficient (Wildman–Crippen LogP) is 4.63. The number of nitrogens with zero attached hydrogens (tertiary/aromatic N) is 2. The van der Waals surface area contributed by atoms with Gasteiger partial charge in [-0.1, -0.05) is 41.5 Å². The van der Waals surface area contributed by atoms with E-state index in [-0.39, 0.29) is 22.7 Å². The van der Waals surface area contributed by atoms with Gasteiger partial charge in [-0.2, -0.15) is 0 Å². The second kappa shape index (κ2) is 11.3. The van der Waals surface area contributed by atoms with Crippen LogP contribution in [0, 0.1) is 10.1 Å². The van der Waals surface area contributed by atoms with Crippen LogP contribution in [0.3, 0.4) is 0 Å². The van der Waals surface area contributed by atoms with Gasteiger partial charge in [0.2, 0.25) is 18.2 Å². The van der Waals surface area contributed by atoms with Crippen molar-refractivity contribution in [2.45, 2.75) is 106 Å². The first kappa shape index (κ1) is 28.7. The molecular formula is C25H41N3O6SSi. The molecule has 1 aliphatic carbocycles. The summed E-state index contributed by atoms with van der Waals surface area (Å²) in [5.41, 5.74) is 1.33. The van der Waals surface area contributed by atoms with Gasteiger partial charge in [0.25, 0.3) is 11.6 Å². The Labute approximate surface area is 216 Å². The number of non-ortho nitro benzene ring substituents is 1. The van der Waals surface area contributed by atoms with Gasteiger partial charge >= 0.3 is 0 Å². The molecule has 9 nitrogen and oxygen atoms in total. The van der Waals surface area contributed by atoms with E-state index in [0.717, 1.165) is 37.8 Å². The molecule has 0 aromatic heterocycles. The molecule has 11 heteroatoms. The number of carbonyl (C=O) groups excluding carboxylic acids is 1. The summed E-state index contributed by atoms with van der Waals surface area (Å²) in [6.07, 6.45) is 3.49. The lowest BCUT2D eigenvalue weighted by atomic mass is 9.91. The first-order valence-electron chi connectivity index (χ1n) is 13.0. The largest absolute Gasteiger partial charge is 0.413 e. The van der Waals surface area contributed by atoms with Crippen molar-refractivity contribution in [3.8, 4) is 0 Å². The molecule has 202 valence electrons. The predicted molar refractivity (Wildman–Crippen MR) is 142 cm³/mol. The van der Waals surface area contributed by atoms with Crippen LogP contribution in [0.15, 0.2) is 29.2 Å². The van der Waals surface area contributed by atoms with Gasteiger partial charge in [-0.3, -0.25) is 20.2 Å². The van der Waals surface area contributed by atoms with E-state index in [9.17, 15) is 23.3 Å². The fraction of sp³-hybridized carbons (Fsp3) is 0.720. The van der Waals surface area contributed by atoms with Crippen molar-refractivity contribution in [2.75, 3.05) is 13.1 Å². The van der Waals surface area contributed by atoms with E-state index in [1.807, 2.05) is 0 Å². The molecule has 0 radical (unpaired) electrons. The summed E-state index contributed by atoms with van der Waals surface area (Å²) in [6, 6.07) is 4.67. The molecule has 1 unspecified atom stereocenters. The van der Waals surface area contributed by atoms with Crippen LogP contribution in [0.2, 0.25) is 16.6 Å². The van der Waals surface area contributed by atoms with Gasteiger partial charge in [0.05, 0.1) is 9.82 Å². The van der Waals surface area contributed by atoms with E-state index < -0.39 is 34.4 Å². The maximum atomic E-state index is 13.3. The maximum Gasteiger partial charge on any atom is 0.269 e. The number of sulfone groups is 1. The SMILES string of the molecule is CC(C)[Si](OC1CCC(N2CCNC(S(=O)(=O)c3ccc([N+](=O)[O-])cc3)C2=O)CC1)(C(C)C)C(C)C. The summed E-state index contributed by atoms with van der Waals surface area (Å²) in [4.78, 5) is 25.3. The van der Waals surface area contributed by atoms with Gasteiger partial charge < -0.3 is 9.33 Å². The van der Waals surface area contributed by atoms with Crippen molar-refractivity contribution < 1.29 is 22.6 Å². The highest BCUT2D eigenvalue weighted by Gasteiger charge is 2.48. The summed E-state index contributed by atoms with van der Waals surface area (Å²) >= 11 is 0. The van der Waals surface area contributed by atoms with Crippen LogP contribution >= 0.6 is 0 Å². The summed E-state index contributed by atoms with van der Waals surface area (Å²) in [7, 11) is -6.02. The molecule has 0 spiro atoms. The van der Waals surface area contributed by atoms with Gasteiger partial charge in [-0.25, -0.2) is 8.42 Å². The lowest BCUT2D eigenvalue weighted by Crippen LogP contribution is -2.61. The summed E-state index contributed by atoms with van der Waals surface area (Å²) in [5, 5.41) is 12.4. The minimum Gasteiger partial charge on any atom is -0.413 e. The van der Waals surface area contributed by atoms with E-state index >= 15 is 0 Å². The molecule has 1 saturated carbocycles. The van der Waals surface area contributed by atoms with E-state index in [1.165, 1.54) is 12.1 Å². The zero-order chi connectivity index (χ0) is 26.8. The zero-order valence-electron chi connectivity index (χ0n) is 22.3. The normalized spacial score (nSPS) is 24.1. The number of benzene rings is 1. The number of rotatable bonds is 9. The highest BCUT2D eigenvalue weighted by atomic mass is 32.2. The second-order valence-corrected chi connectivity index (χ2v) is 18.5. The number of nitro groups is 1. The molecule has 1 N–H and O–H groups in total. The molecule has 2 aliphatic rings. The van der Waals surface area contributed by atoms with Crippen molar-refractivity contribution in [2.24, 2.45) is 0 Å². The third kappa shape index (κ3) is 5.53. The average Bonchev–Trinajstić information content (AvgIpc) is 2.82. The quantitative estimate of drug-likeness (QED) is 0.276. The van der Waals surface area contributed by atoms with Crippen LogP contribution < -0.4 is 5.32 Å². The second-order valence-electron chi connectivity index (χ2n) is 11.0. The highest BCUT2D eigenvalue weighted by Crippen LogP contribution is 2.44. The monoisotopic (exact) mass is 539 g/mol. The molecule has 1 saturated heterocycles. The maximum absolute atomic E-state index is 13.3. The van der Waals surface area contributed by atoms with Crippen LogP contribution in [0.5, 0.6) is 0 Å². The number of piperazine rings is 1.